The summed E-state index contributed by atoms with van der Waals surface area (Å²) in [5, 5.41) is 26.6. The van der Waals surface area contributed by atoms with Gasteiger partial charge in [0.1, 0.15) is 0 Å². The zero-order valence-electron chi connectivity index (χ0n) is 24.0. The highest BCUT2D eigenvalue weighted by Crippen LogP contribution is 2.28. The molecule has 13 heteroatoms. The van der Waals surface area contributed by atoms with Gasteiger partial charge in [0.15, 0.2) is 11.8 Å². The number of carboxylic acids is 1. The second-order valence-electron chi connectivity index (χ2n) is 9.87. The fourth-order valence-electron chi connectivity index (χ4n) is 4.56. The highest BCUT2D eigenvalue weighted by molar-refractivity contribution is 7.90. The third-order valence-electron chi connectivity index (χ3n) is 6.57. The summed E-state index contributed by atoms with van der Waals surface area (Å²) in [5.41, 5.74) is 2.48. The Morgan fingerprint density at radius 2 is 1.61 bits per heavy atom. The molecule has 12 nitrogen and oxygen atoms in total. The van der Waals surface area contributed by atoms with Crippen molar-refractivity contribution in [3.63, 3.8) is 0 Å². The number of carbonyl (C=O) groups is 3. The van der Waals surface area contributed by atoms with Crippen LogP contribution in [0.25, 0.3) is 11.1 Å². The fourth-order valence-corrected chi connectivity index (χ4v) is 5.78. The van der Waals surface area contributed by atoms with E-state index in [9.17, 15) is 33.0 Å². The number of aromatic nitrogens is 2. The standard InChI is InChI=1S/C31H32N4O8S/c1-3-43-28-18-26(30(38)32-25(29(37)31(39)40)17-21-9-5-4-6-10-21)33-35(28)19-22-13-15-23(16-14-22)24-11-7-8-12-27(24)44(41,42)34-20(2)36/h4-16,18,25,29,37H,3,17,19H2,1-2H3,(H,32,38)(H,34,36)(H,39,40)/t25-,29-/m1/s1. The van der Waals surface area contributed by atoms with Crippen LogP contribution in [-0.2, 0) is 32.6 Å². The second kappa shape index (κ2) is 14.0. The highest BCUT2D eigenvalue weighted by Gasteiger charge is 2.29. The van der Waals surface area contributed by atoms with Gasteiger partial charge >= 0.3 is 5.97 Å². The molecular formula is C31H32N4O8S. The summed E-state index contributed by atoms with van der Waals surface area (Å²) in [7, 11) is -4.07. The maximum Gasteiger partial charge on any atom is 0.334 e. The van der Waals surface area contributed by atoms with Gasteiger partial charge in [-0.3, -0.25) is 9.59 Å². The zero-order valence-corrected chi connectivity index (χ0v) is 24.8. The van der Waals surface area contributed by atoms with E-state index in [-0.39, 0.29) is 23.6 Å². The van der Waals surface area contributed by atoms with E-state index in [0.29, 0.717) is 23.6 Å². The molecule has 4 rings (SSSR count). The monoisotopic (exact) mass is 620 g/mol. The van der Waals surface area contributed by atoms with Crippen LogP contribution in [0, 0.1) is 0 Å². The fraction of sp³-hybridized carbons (Fsp3) is 0.226. The maximum atomic E-state index is 13.2. The molecule has 230 valence electrons. The molecule has 3 aromatic carbocycles. The Balaban J connectivity index is 1.55. The van der Waals surface area contributed by atoms with Gasteiger partial charge in [-0.1, -0.05) is 72.8 Å². The lowest BCUT2D eigenvalue weighted by Gasteiger charge is -2.21. The Kier molecular flexibility index (Phi) is 10.1. The Hall–Kier alpha value is -5.01. The molecule has 0 fully saturated rings. The number of rotatable bonds is 13. The predicted molar refractivity (Wildman–Crippen MR) is 160 cm³/mol. The molecule has 1 aromatic heterocycles. The average molecular weight is 621 g/mol. The summed E-state index contributed by atoms with van der Waals surface area (Å²) in [4.78, 5) is 36.1. The SMILES string of the molecule is CCOc1cc(C(=O)N[C@H](Cc2ccccc2)[C@@H](O)C(=O)O)nn1Cc1ccc(-c2ccccc2S(=O)(=O)NC(C)=O)cc1. The van der Waals surface area contributed by atoms with Crippen molar-refractivity contribution in [3.05, 3.63) is 102 Å². The summed E-state index contributed by atoms with van der Waals surface area (Å²) in [6.45, 7) is 3.38. The van der Waals surface area contributed by atoms with Gasteiger partial charge < -0.3 is 20.3 Å². The van der Waals surface area contributed by atoms with Crippen molar-refractivity contribution in [3.8, 4) is 17.0 Å². The van der Waals surface area contributed by atoms with Crippen LogP contribution >= 0.6 is 0 Å². The number of aliphatic carboxylic acids is 1. The molecule has 0 spiro atoms. The number of aliphatic hydroxyl groups excluding tert-OH is 1. The van der Waals surface area contributed by atoms with Crippen molar-refractivity contribution < 1.29 is 37.8 Å². The summed E-state index contributed by atoms with van der Waals surface area (Å²) >= 11 is 0. The smallest absolute Gasteiger partial charge is 0.334 e. The number of hydrogen-bond acceptors (Lipinski definition) is 8. The van der Waals surface area contributed by atoms with Gasteiger partial charge in [0.05, 0.1) is 24.1 Å². The second-order valence-corrected chi connectivity index (χ2v) is 11.5. The number of hydrogen-bond donors (Lipinski definition) is 4. The quantitative estimate of drug-likeness (QED) is 0.175. The molecule has 4 N–H and O–H groups in total. The highest BCUT2D eigenvalue weighted by atomic mass is 32.2. The van der Waals surface area contributed by atoms with E-state index < -0.39 is 40.0 Å². The summed E-state index contributed by atoms with van der Waals surface area (Å²) in [6, 6.07) is 22.5. The van der Waals surface area contributed by atoms with Gasteiger partial charge in [0.2, 0.25) is 11.8 Å². The largest absolute Gasteiger partial charge is 0.479 e. The minimum absolute atomic E-state index is 0.0298. The molecule has 0 aliphatic carbocycles. The normalized spacial score (nSPS) is 12.6. The lowest BCUT2D eigenvalue weighted by molar-refractivity contribution is -0.148. The number of benzene rings is 3. The molecule has 0 unspecified atom stereocenters. The third-order valence-corrected chi connectivity index (χ3v) is 8.06. The lowest BCUT2D eigenvalue weighted by Crippen LogP contribution is -2.48. The van der Waals surface area contributed by atoms with Gasteiger partial charge in [-0.15, -0.1) is 0 Å². The number of amides is 2. The van der Waals surface area contributed by atoms with Gasteiger partial charge in [0.25, 0.3) is 15.9 Å². The van der Waals surface area contributed by atoms with E-state index in [1.807, 2.05) is 4.72 Å². The molecule has 4 aromatic rings. The van der Waals surface area contributed by atoms with E-state index in [0.717, 1.165) is 18.1 Å². The third kappa shape index (κ3) is 7.88. The van der Waals surface area contributed by atoms with Crippen LogP contribution in [0.5, 0.6) is 5.88 Å². The van der Waals surface area contributed by atoms with E-state index in [4.69, 9.17) is 4.74 Å². The molecule has 0 aliphatic heterocycles. The van der Waals surface area contributed by atoms with Crippen LogP contribution in [-0.4, -0.2) is 64.9 Å². The maximum absolute atomic E-state index is 13.2. The van der Waals surface area contributed by atoms with Gasteiger partial charge in [0, 0.05) is 18.6 Å². The molecule has 0 saturated carbocycles. The first-order valence-electron chi connectivity index (χ1n) is 13.7. The molecule has 0 saturated heterocycles. The topological polar surface area (TPSA) is 177 Å². The van der Waals surface area contributed by atoms with E-state index in [2.05, 4.69) is 10.4 Å². The molecule has 0 radical (unpaired) electrons. The summed E-state index contributed by atoms with van der Waals surface area (Å²) < 4.78 is 34.5. The van der Waals surface area contributed by atoms with Crippen molar-refractivity contribution in [2.45, 2.75) is 43.9 Å². The predicted octanol–water partition coefficient (Wildman–Crippen LogP) is 2.61. The molecule has 2 amide bonds. The summed E-state index contributed by atoms with van der Waals surface area (Å²) in [5.74, 6) is -2.55. The van der Waals surface area contributed by atoms with Crippen LogP contribution in [0.3, 0.4) is 0 Å². The Morgan fingerprint density at radius 3 is 2.25 bits per heavy atom. The number of aliphatic hydroxyl groups is 1. The lowest BCUT2D eigenvalue weighted by atomic mass is 10.0. The van der Waals surface area contributed by atoms with Crippen LogP contribution in [0.4, 0.5) is 0 Å². The Labute approximate surface area is 254 Å². The number of nitrogens with zero attached hydrogens (tertiary/aromatic N) is 2. The molecule has 2 atom stereocenters. The van der Waals surface area contributed by atoms with Crippen LogP contribution in [0.1, 0.15) is 35.5 Å². The van der Waals surface area contributed by atoms with Crippen molar-refractivity contribution in [1.82, 2.24) is 19.8 Å². The first kappa shape index (κ1) is 31.9. The van der Waals surface area contributed by atoms with Gasteiger partial charge in [-0.25, -0.2) is 22.6 Å². The minimum atomic E-state index is -4.07. The molecule has 1 heterocycles. The summed E-state index contributed by atoms with van der Waals surface area (Å²) in [6.07, 6.45) is -1.76. The number of nitrogens with one attached hydrogen (secondary N) is 2. The molecule has 44 heavy (non-hydrogen) atoms. The van der Waals surface area contributed by atoms with Crippen molar-refractivity contribution in [2.24, 2.45) is 0 Å². The van der Waals surface area contributed by atoms with Crippen LogP contribution in [0.15, 0.2) is 89.8 Å². The first-order chi connectivity index (χ1) is 21.0. The van der Waals surface area contributed by atoms with Crippen molar-refractivity contribution in [2.75, 3.05) is 6.61 Å². The number of carboxylic acid groups (broad SMARTS) is 1. The van der Waals surface area contributed by atoms with E-state index in [1.165, 1.54) is 16.8 Å². The number of ether oxygens (including phenoxy) is 1. The average Bonchev–Trinajstić information content (AvgIpc) is 3.39. The van der Waals surface area contributed by atoms with Crippen LogP contribution < -0.4 is 14.8 Å². The van der Waals surface area contributed by atoms with E-state index >= 15 is 0 Å². The van der Waals surface area contributed by atoms with Crippen molar-refractivity contribution in [1.29, 1.82) is 0 Å². The first-order valence-corrected chi connectivity index (χ1v) is 15.1. The van der Waals surface area contributed by atoms with Gasteiger partial charge in [-0.2, -0.15) is 5.10 Å². The van der Waals surface area contributed by atoms with Crippen LogP contribution in [0.2, 0.25) is 0 Å². The van der Waals surface area contributed by atoms with Gasteiger partial charge in [-0.05, 0) is 36.1 Å². The Bertz CT molecular complexity index is 1740. The molecule has 0 bridgehead atoms. The minimum Gasteiger partial charge on any atom is -0.479 e. The zero-order chi connectivity index (χ0) is 31.9. The van der Waals surface area contributed by atoms with E-state index in [1.54, 1.807) is 79.7 Å². The van der Waals surface area contributed by atoms with Crippen molar-refractivity contribution >= 4 is 27.8 Å². The molecular weight excluding hydrogens is 588 g/mol. The Morgan fingerprint density at radius 1 is 0.955 bits per heavy atom. The molecule has 0 aliphatic rings. The number of sulfonamides is 1. The number of carbonyl (C=O) groups excluding carboxylic acids is 2.